The van der Waals surface area contributed by atoms with Crippen LogP contribution < -0.4 is 11.1 Å². The summed E-state index contributed by atoms with van der Waals surface area (Å²) in [6.07, 6.45) is 0.336. The predicted molar refractivity (Wildman–Crippen MR) is 67.9 cm³/mol. The van der Waals surface area contributed by atoms with Gasteiger partial charge in [-0.2, -0.15) is 0 Å². The van der Waals surface area contributed by atoms with Crippen LogP contribution in [0.4, 0.5) is 4.79 Å². The van der Waals surface area contributed by atoms with Crippen LogP contribution >= 0.6 is 0 Å². The van der Waals surface area contributed by atoms with Gasteiger partial charge in [0.25, 0.3) is 0 Å². The molecular formula is C12H25N3O2. The molecule has 1 amide bonds. The quantitative estimate of drug-likeness (QED) is 0.681. The second kappa shape index (κ2) is 5.23. The first-order chi connectivity index (χ1) is 7.68. The minimum atomic E-state index is -0.360. The number of nitrogens with one attached hydrogen (secondary N) is 1. The molecule has 0 radical (unpaired) electrons. The molecule has 17 heavy (non-hydrogen) atoms. The molecule has 0 bridgehead atoms. The Morgan fingerprint density at radius 2 is 1.94 bits per heavy atom. The summed E-state index contributed by atoms with van der Waals surface area (Å²) in [4.78, 5) is 13.8. The van der Waals surface area contributed by atoms with Crippen molar-refractivity contribution in [1.82, 2.24) is 10.2 Å². The summed E-state index contributed by atoms with van der Waals surface area (Å²) < 4.78 is 5.11. The zero-order valence-corrected chi connectivity index (χ0v) is 11.4. The maximum atomic E-state index is 11.6. The number of ether oxygens (including phenoxy) is 1. The standard InChI is InChI=1S/C12H25N3O2/c1-11(2,13)9-12(3,4)14-10(16)17-8-7-15-5-6-15/h5-9,13H2,1-4H3,(H,14,16). The number of amides is 1. The highest BCUT2D eigenvalue weighted by Gasteiger charge is 2.28. The summed E-state index contributed by atoms with van der Waals surface area (Å²) >= 11 is 0. The second-order valence-electron chi connectivity index (χ2n) is 6.15. The van der Waals surface area contributed by atoms with Gasteiger partial charge in [-0.3, -0.25) is 4.90 Å². The first-order valence-electron chi connectivity index (χ1n) is 6.14. The minimum absolute atomic E-state index is 0.309. The van der Waals surface area contributed by atoms with Crippen molar-refractivity contribution in [2.75, 3.05) is 26.2 Å². The largest absolute Gasteiger partial charge is 0.448 e. The van der Waals surface area contributed by atoms with E-state index in [9.17, 15) is 4.79 Å². The van der Waals surface area contributed by atoms with E-state index in [-0.39, 0.29) is 17.2 Å². The molecule has 5 heteroatoms. The number of nitrogens with zero attached hydrogens (tertiary/aromatic N) is 1. The highest BCUT2D eigenvalue weighted by molar-refractivity contribution is 5.68. The smallest absolute Gasteiger partial charge is 0.407 e. The molecule has 0 aliphatic carbocycles. The monoisotopic (exact) mass is 243 g/mol. The van der Waals surface area contributed by atoms with E-state index in [1.54, 1.807) is 0 Å². The van der Waals surface area contributed by atoms with Gasteiger partial charge in [0.1, 0.15) is 6.61 Å². The van der Waals surface area contributed by atoms with Gasteiger partial charge in [0.05, 0.1) is 0 Å². The van der Waals surface area contributed by atoms with Crippen molar-refractivity contribution < 1.29 is 9.53 Å². The van der Waals surface area contributed by atoms with Crippen molar-refractivity contribution in [3.63, 3.8) is 0 Å². The fraction of sp³-hybridized carbons (Fsp3) is 0.917. The summed E-state index contributed by atoms with van der Waals surface area (Å²) in [6, 6.07) is 0. The van der Waals surface area contributed by atoms with Gasteiger partial charge in [0, 0.05) is 30.7 Å². The maximum absolute atomic E-state index is 11.6. The van der Waals surface area contributed by atoms with Crippen molar-refractivity contribution in [3.05, 3.63) is 0 Å². The fourth-order valence-electron chi connectivity index (χ4n) is 2.06. The molecule has 0 aromatic heterocycles. The first kappa shape index (κ1) is 14.3. The van der Waals surface area contributed by atoms with Crippen LogP contribution in [-0.2, 0) is 4.74 Å². The van der Waals surface area contributed by atoms with Gasteiger partial charge < -0.3 is 15.8 Å². The van der Waals surface area contributed by atoms with Crippen LogP contribution in [0.15, 0.2) is 0 Å². The topological polar surface area (TPSA) is 67.4 Å². The van der Waals surface area contributed by atoms with Crippen LogP contribution in [0.3, 0.4) is 0 Å². The van der Waals surface area contributed by atoms with Gasteiger partial charge in [0.15, 0.2) is 0 Å². The minimum Gasteiger partial charge on any atom is -0.448 e. The number of hydrogen-bond acceptors (Lipinski definition) is 4. The number of carbonyl (C=O) groups excluding carboxylic acids is 1. The highest BCUT2D eigenvalue weighted by Crippen LogP contribution is 2.17. The van der Waals surface area contributed by atoms with Gasteiger partial charge >= 0.3 is 6.09 Å². The Kier molecular flexibility index (Phi) is 4.38. The molecule has 1 fully saturated rings. The average Bonchev–Trinajstić information content (AvgIpc) is 2.81. The molecule has 1 saturated heterocycles. The molecule has 0 atom stereocenters. The summed E-state index contributed by atoms with van der Waals surface area (Å²) in [5, 5.41) is 2.85. The zero-order valence-electron chi connectivity index (χ0n) is 11.4. The van der Waals surface area contributed by atoms with E-state index in [4.69, 9.17) is 10.5 Å². The van der Waals surface area contributed by atoms with Crippen molar-refractivity contribution in [3.8, 4) is 0 Å². The molecule has 1 aliphatic heterocycles. The number of nitrogens with two attached hydrogens (primary N) is 1. The lowest BCUT2D eigenvalue weighted by Gasteiger charge is -2.32. The number of rotatable bonds is 6. The lowest BCUT2D eigenvalue weighted by Crippen LogP contribution is -2.50. The molecular weight excluding hydrogens is 218 g/mol. The SMILES string of the molecule is CC(C)(N)CC(C)(C)NC(=O)OCCN1CC1. The Bertz CT molecular complexity index is 267. The van der Waals surface area contributed by atoms with E-state index in [1.165, 1.54) is 0 Å². The number of alkyl carbamates (subject to hydrolysis) is 1. The molecule has 0 unspecified atom stereocenters. The molecule has 1 rings (SSSR count). The van der Waals surface area contributed by atoms with Crippen molar-refractivity contribution in [1.29, 1.82) is 0 Å². The van der Waals surface area contributed by atoms with Gasteiger partial charge in [-0.1, -0.05) is 0 Å². The Labute approximate surface area is 104 Å². The Morgan fingerprint density at radius 1 is 1.35 bits per heavy atom. The summed E-state index contributed by atoms with van der Waals surface area (Å²) in [7, 11) is 0. The van der Waals surface area contributed by atoms with Crippen LogP contribution in [0, 0.1) is 0 Å². The van der Waals surface area contributed by atoms with Crippen LogP contribution in [0.2, 0.25) is 0 Å². The van der Waals surface area contributed by atoms with E-state index in [2.05, 4.69) is 10.2 Å². The second-order valence-corrected chi connectivity index (χ2v) is 6.15. The Balaban J connectivity index is 2.22. The maximum Gasteiger partial charge on any atom is 0.407 e. The first-order valence-corrected chi connectivity index (χ1v) is 6.14. The molecule has 3 N–H and O–H groups in total. The van der Waals surface area contributed by atoms with E-state index in [0.717, 1.165) is 19.6 Å². The Morgan fingerprint density at radius 3 is 2.41 bits per heavy atom. The van der Waals surface area contributed by atoms with Crippen molar-refractivity contribution >= 4 is 6.09 Å². The van der Waals surface area contributed by atoms with E-state index in [0.29, 0.717) is 13.0 Å². The molecule has 0 saturated carbocycles. The van der Waals surface area contributed by atoms with E-state index in [1.807, 2.05) is 27.7 Å². The van der Waals surface area contributed by atoms with Gasteiger partial charge in [0.2, 0.25) is 0 Å². The molecule has 5 nitrogen and oxygen atoms in total. The molecule has 0 aromatic carbocycles. The van der Waals surface area contributed by atoms with Gasteiger partial charge in [-0.05, 0) is 34.1 Å². The predicted octanol–water partition coefficient (Wildman–Crippen LogP) is 0.934. The molecule has 0 spiro atoms. The lowest BCUT2D eigenvalue weighted by atomic mass is 9.88. The summed E-state index contributed by atoms with van der Waals surface area (Å²) in [5.41, 5.74) is 5.29. The molecule has 1 heterocycles. The van der Waals surface area contributed by atoms with Crippen LogP contribution in [0.1, 0.15) is 34.1 Å². The summed E-state index contributed by atoms with van der Waals surface area (Å²) in [5.74, 6) is 0. The van der Waals surface area contributed by atoms with E-state index < -0.39 is 0 Å². The molecule has 1 aliphatic rings. The van der Waals surface area contributed by atoms with E-state index >= 15 is 0 Å². The average molecular weight is 243 g/mol. The summed E-state index contributed by atoms with van der Waals surface area (Å²) in [6.45, 7) is 11.3. The third-order valence-corrected chi connectivity index (χ3v) is 2.52. The lowest BCUT2D eigenvalue weighted by molar-refractivity contribution is 0.128. The van der Waals surface area contributed by atoms with Crippen LogP contribution in [-0.4, -0.2) is 48.3 Å². The number of hydrogen-bond donors (Lipinski definition) is 2. The zero-order chi connectivity index (χ0) is 13.1. The Hall–Kier alpha value is -0.810. The van der Waals surface area contributed by atoms with Gasteiger partial charge in [-0.15, -0.1) is 0 Å². The van der Waals surface area contributed by atoms with Gasteiger partial charge in [-0.25, -0.2) is 4.79 Å². The molecule has 0 aromatic rings. The van der Waals surface area contributed by atoms with Crippen LogP contribution in [0.25, 0.3) is 0 Å². The van der Waals surface area contributed by atoms with Crippen molar-refractivity contribution in [2.24, 2.45) is 5.73 Å². The third-order valence-electron chi connectivity index (χ3n) is 2.52. The highest BCUT2D eigenvalue weighted by atomic mass is 16.5. The third kappa shape index (κ3) is 7.18. The van der Waals surface area contributed by atoms with Crippen molar-refractivity contribution in [2.45, 2.75) is 45.2 Å². The van der Waals surface area contributed by atoms with Crippen LogP contribution in [0.5, 0.6) is 0 Å². The number of carbonyl (C=O) groups is 1. The normalized spacial score (nSPS) is 16.8. The molecule has 100 valence electrons. The fourth-order valence-corrected chi connectivity index (χ4v) is 2.06.